The topological polar surface area (TPSA) is 41.5 Å². The SMILES string of the molecule is CCCOCC1(O)CCCNC1. The molecule has 1 saturated heterocycles. The van der Waals surface area contributed by atoms with Crippen LogP contribution in [-0.2, 0) is 4.74 Å². The van der Waals surface area contributed by atoms with Gasteiger partial charge in [0, 0.05) is 13.2 Å². The minimum absolute atomic E-state index is 0.480. The molecule has 0 aromatic heterocycles. The fourth-order valence-electron chi connectivity index (χ4n) is 1.48. The van der Waals surface area contributed by atoms with Crippen LogP contribution in [0.2, 0.25) is 0 Å². The van der Waals surface area contributed by atoms with Crippen LogP contribution in [-0.4, -0.2) is 37.0 Å². The Morgan fingerprint density at radius 1 is 1.58 bits per heavy atom. The summed E-state index contributed by atoms with van der Waals surface area (Å²) >= 11 is 0. The Labute approximate surface area is 74.1 Å². The van der Waals surface area contributed by atoms with E-state index < -0.39 is 5.60 Å². The van der Waals surface area contributed by atoms with Crippen molar-refractivity contribution < 1.29 is 9.84 Å². The highest BCUT2D eigenvalue weighted by atomic mass is 16.5. The average molecular weight is 173 g/mol. The molecule has 0 bridgehead atoms. The van der Waals surface area contributed by atoms with Gasteiger partial charge in [0.2, 0.25) is 0 Å². The number of ether oxygens (including phenoxy) is 1. The molecule has 0 spiro atoms. The molecule has 72 valence electrons. The van der Waals surface area contributed by atoms with Gasteiger partial charge < -0.3 is 15.2 Å². The van der Waals surface area contributed by atoms with E-state index in [4.69, 9.17) is 4.74 Å². The Bertz CT molecular complexity index is 122. The predicted octanol–water partition coefficient (Wildman–Crippen LogP) is 0.527. The van der Waals surface area contributed by atoms with Crippen LogP contribution in [0.3, 0.4) is 0 Å². The van der Waals surface area contributed by atoms with E-state index in [1.54, 1.807) is 0 Å². The normalized spacial score (nSPS) is 30.5. The Kier molecular flexibility index (Phi) is 3.98. The maximum Gasteiger partial charge on any atom is 0.100 e. The fraction of sp³-hybridized carbons (Fsp3) is 1.00. The molecular formula is C9H19NO2. The van der Waals surface area contributed by atoms with E-state index in [0.717, 1.165) is 32.4 Å². The van der Waals surface area contributed by atoms with Crippen molar-refractivity contribution in [2.24, 2.45) is 0 Å². The first-order chi connectivity index (χ1) is 5.77. The number of aliphatic hydroxyl groups is 1. The Morgan fingerprint density at radius 2 is 2.42 bits per heavy atom. The van der Waals surface area contributed by atoms with Crippen LogP contribution in [0.1, 0.15) is 26.2 Å². The number of nitrogens with one attached hydrogen (secondary N) is 1. The number of hydrogen-bond acceptors (Lipinski definition) is 3. The molecule has 3 heteroatoms. The smallest absolute Gasteiger partial charge is 0.100 e. The van der Waals surface area contributed by atoms with Crippen LogP contribution < -0.4 is 5.32 Å². The average Bonchev–Trinajstić information content (AvgIpc) is 2.06. The zero-order valence-corrected chi connectivity index (χ0v) is 7.81. The van der Waals surface area contributed by atoms with Crippen LogP contribution >= 0.6 is 0 Å². The molecule has 1 fully saturated rings. The zero-order valence-electron chi connectivity index (χ0n) is 7.81. The third-order valence-corrected chi connectivity index (χ3v) is 2.17. The summed E-state index contributed by atoms with van der Waals surface area (Å²) in [5.41, 5.74) is -0.604. The third-order valence-electron chi connectivity index (χ3n) is 2.17. The van der Waals surface area contributed by atoms with Gasteiger partial charge in [-0.25, -0.2) is 0 Å². The lowest BCUT2D eigenvalue weighted by Crippen LogP contribution is -2.48. The molecule has 0 aromatic carbocycles. The Balaban J connectivity index is 2.17. The van der Waals surface area contributed by atoms with Crippen molar-refractivity contribution in [1.29, 1.82) is 0 Å². The summed E-state index contributed by atoms with van der Waals surface area (Å²) in [6, 6.07) is 0. The lowest BCUT2D eigenvalue weighted by atomic mass is 9.95. The highest BCUT2D eigenvalue weighted by Crippen LogP contribution is 2.15. The molecule has 1 atom stereocenters. The molecule has 12 heavy (non-hydrogen) atoms. The predicted molar refractivity (Wildman–Crippen MR) is 48.2 cm³/mol. The van der Waals surface area contributed by atoms with Gasteiger partial charge in [0.1, 0.15) is 5.60 Å². The van der Waals surface area contributed by atoms with Crippen LogP contribution in [0, 0.1) is 0 Å². The van der Waals surface area contributed by atoms with E-state index in [0.29, 0.717) is 13.2 Å². The molecule has 1 rings (SSSR count). The van der Waals surface area contributed by atoms with Crippen LogP contribution in [0.25, 0.3) is 0 Å². The number of hydrogen-bond donors (Lipinski definition) is 2. The van der Waals surface area contributed by atoms with Crippen molar-refractivity contribution in [3.63, 3.8) is 0 Å². The summed E-state index contributed by atoms with van der Waals surface area (Å²) in [6.45, 7) is 5.01. The van der Waals surface area contributed by atoms with E-state index in [9.17, 15) is 5.11 Å². The van der Waals surface area contributed by atoms with Gasteiger partial charge in [-0.1, -0.05) is 6.92 Å². The summed E-state index contributed by atoms with van der Waals surface area (Å²) in [7, 11) is 0. The van der Waals surface area contributed by atoms with Gasteiger partial charge in [0.15, 0.2) is 0 Å². The molecule has 0 aliphatic carbocycles. The van der Waals surface area contributed by atoms with Crippen LogP contribution in [0.5, 0.6) is 0 Å². The zero-order chi connectivity index (χ0) is 8.86. The summed E-state index contributed by atoms with van der Waals surface area (Å²) in [5, 5.41) is 13.1. The van der Waals surface area contributed by atoms with Gasteiger partial charge in [-0.15, -0.1) is 0 Å². The lowest BCUT2D eigenvalue weighted by Gasteiger charge is -2.32. The molecule has 1 heterocycles. The van der Waals surface area contributed by atoms with E-state index in [1.165, 1.54) is 0 Å². The van der Waals surface area contributed by atoms with Gasteiger partial charge in [0.25, 0.3) is 0 Å². The molecule has 1 aliphatic heterocycles. The minimum Gasteiger partial charge on any atom is -0.386 e. The van der Waals surface area contributed by atoms with Crippen molar-refractivity contribution in [1.82, 2.24) is 5.32 Å². The quantitative estimate of drug-likeness (QED) is 0.609. The Morgan fingerprint density at radius 3 is 3.00 bits per heavy atom. The highest BCUT2D eigenvalue weighted by molar-refractivity contribution is 4.84. The van der Waals surface area contributed by atoms with Gasteiger partial charge in [-0.2, -0.15) is 0 Å². The molecule has 0 aromatic rings. The van der Waals surface area contributed by atoms with Crippen molar-refractivity contribution >= 4 is 0 Å². The second-order valence-electron chi connectivity index (χ2n) is 3.56. The van der Waals surface area contributed by atoms with E-state index in [-0.39, 0.29) is 0 Å². The van der Waals surface area contributed by atoms with Crippen molar-refractivity contribution in [3.8, 4) is 0 Å². The van der Waals surface area contributed by atoms with Crippen molar-refractivity contribution in [3.05, 3.63) is 0 Å². The van der Waals surface area contributed by atoms with E-state index >= 15 is 0 Å². The highest BCUT2D eigenvalue weighted by Gasteiger charge is 2.28. The van der Waals surface area contributed by atoms with Gasteiger partial charge >= 0.3 is 0 Å². The largest absolute Gasteiger partial charge is 0.386 e. The minimum atomic E-state index is -0.604. The number of β-amino-alcohol motifs (C(OH)–C–C–N with tert-alkyl or cyclic N) is 1. The van der Waals surface area contributed by atoms with E-state index in [2.05, 4.69) is 12.2 Å². The maximum atomic E-state index is 9.91. The standard InChI is InChI=1S/C9H19NO2/c1-2-6-12-8-9(11)4-3-5-10-7-9/h10-11H,2-8H2,1H3. The van der Waals surface area contributed by atoms with Crippen molar-refractivity contribution in [2.45, 2.75) is 31.8 Å². The number of rotatable bonds is 4. The lowest BCUT2D eigenvalue weighted by molar-refractivity contribution is -0.0591. The molecule has 2 N–H and O–H groups in total. The fourth-order valence-corrected chi connectivity index (χ4v) is 1.48. The second-order valence-corrected chi connectivity index (χ2v) is 3.56. The molecule has 0 amide bonds. The Hall–Kier alpha value is -0.120. The van der Waals surface area contributed by atoms with Crippen LogP contribution in [0.4, 0.5) is 0 Å². The van der Waals surface area contributed by atoms with Gasteiger partial charge in [0.05, 0.1) is 6.61 Å². The monoisotopic (exact) mass is 173 g/mol. The summed E-state index contributed by atoms with van der Waals surface area (Å²) in [5.74, 6) is 0. The molecule has 1 unspecified atom stereocenters. The molecule has 3 nitrogen and oxygen atoms in total. The summed E-state index contributed by atoms with van der Waals surface area (Å²) in [4.78, 5) is 0. The summed E-state index contributed by atoms with van der Waals surface area (Å²) in [6.07, 6.45) is 2.93. The first-order valence-electron chi connectivity index (χ1n) is 4.78. The van der Waals surface area contributed by atoms with Crippen LogP contribution in [0.15, 0.2) is 0 Å². The van der Waals surface area contributed by atoms with E-state index in [1.807, 2.05) is 0 Å². The number of piperidine rings is 1. The van der Waals surface area contributed by atoms with Gasteiger partial charge in [-0.05, 0) is 25.8 Å². The first kappa shape index (κ1) is 9.96. The van der Waals surface area contributed by atoms with Crippen molar-refractivity contribution in [2.75, 3.05) is 26.3 Å². The molecule has 1 aliphatic rings. The molecule has 0 saturated carbocycles. The maximum absolute atomic E-state index is 9.91. The third kappa shape index (κ3) is 3.09. The summed E-state index contributed by atoms with van der Waals surface area (Å²) < 4.78 is 5.34. The second kappa shape index (κ2) is 4.80. The molecule has 0 radical (unpaired) electrons. The molecular weight excluding hydrogens is 154 g/mol. The first-order valence-corrected chi connectivity index (χ1v) is 4.78. The van der Waals surface area contributed by atoms with Gasteiger partial charge in [-0.3, -0.25) is 0 Å².